The van der Waals surface area contributed by atoms with Crippen molar-refractivity contribution < 1.29 is 9.47 Å². The molecule has 4 nitrogen and oxygen atoms in total. The third-order valence-electron chi connectivity index (χ3n) is 2.90. The van der Waals surface area contributed by atoms with Gasteiger partial charge in [-0.1, -0.05) is 18.5 Å². The van der Waals surface area contributed by atoms with Gasteiger partial charge in [0.05, 0.1) is 18.2 Å². The van der Waals surface area contributed by atoms with Crippen LogP contribution >= 0.6 is 11.6 Å². The van der Waals surface area contributed by atoms with Crippen LogP contribution in [0.25, 0.3) is 11.4 Å². The molecule has 5 heteroatoms. The molecule has 1 N–H and O–H groups in total. The molecular formula is C14H17ClN2O2. The SMILES string of the molecule is CC[C@@H](C)Oc1c(Cl)cc(-c2ncc[nH]2)cc1OC. The standard InChI is InChI=1S/C14H17ClN2O2/c1-4-9(2)19-13-11(15)7-10(8-12(13)18-3)14-16-5-6-17-14/h5-9H,4H2,1-3H3,(H,16,17)/t9-/m1/s1. The highest BCUT2D eigenvalue weighted by Crippen LogP contribution is 2.39. The second-order valence-corrected chi connectivity index (χ2v) is 4.67. The molecule has 0 bridgehead atoms. The van der Waals surface area contributed by atoms with Crippen molar-refractivity contribution in [3.8, 4) is 22.9 Å². The minimum absolute atomic E-state index is 0.0841. The molecule has 0 amide bonds. The average Bonchev–Trinajstić information content (AvgIpc) is 2.94. The highest BCUT2D eigenvalue weighted by molar-refractivity contribution is 6.32. The number of ether oxygens (including phenoxy) is 2. The van der Waals surface area contributed by atoms with Gasteiger partial charge in [0.1, 0.15) is 5.82 Å². The van der Waals surface area contributed by atoms with E-state index in [0.717, 1.165) is 17.8 Å². The van der Waals surface area contributed by atoms with Gasteiger partial charge in [-0.25, -0.2) is 4.98 Å². The van der Waals surface area contributed by atoms with Crippen LogP contribution in [0.2, 0.25) is 5.02 Å². The Bertz CT molecular complexity index is 541. The molecule has 1 aromatic heterocycles. The van der Waals surface area contributed by atoms with Gasteiger partial charge in [-0.05, 0) is 25.5 Å². The van der Waals surface area contributed by atoms with E-state index in [1.165, 1.54) is 0 Å². The smallest absolute Gasteiger partial charge is 0.180 e. The molecule has 0 spiro atoms. The lowest BCUT2D eigenvalue weighted by Gasteiger charge is -2.17. The van der Waals surface area contributed by atoms with Gasteiger partial charge in [0.2, 0.25) is 0 Å². The van der Waals surface area contributed by atoms with Crippen LogP contribution < -0.4 is 9.47 Å². The van der Waals surface area contributed by atoms with E-state index < -0.39 is 0 Å². The van der Waals surface area contributed by atoms with E-state index in [9.17, 15) is 0 Å². The molecule has 0 radical (unpaired) electrons. The molecule has 0 saturated heterocycles. The second-order valence-electron chi connectivity index (χ2n) is 4.26. The van der Waals surface area contributed by atoms with Crippen molar-refractivity contribution in [2.45, 2.75) is 26.4 Å². The maximum absolute atomic E-state index is 6.28. The first-order valence-corrected chi connectivity index (χ1v) is 6.57. The largest absolute Gasteiger partial charge is 0.493 e. The molecule has 0 aliphatic heterocycles. The molecular weight excluding hydrogens is 264 g/mol. The maximum Gasteiger partial charge on any atom is 0.180 e. The first-order valence-electron chi connectivity index (χ1n) is 6.19. The first-order chi connectivity index (χ1) is 9.15. The van der Waals surface area contributed by atoms with Gasteiger partial charge < -0.3 is 14.5 Å². The summed E-state index contributed by atoms with van der Waals surface area (Å²) in [5, 5.41) is 0.519. The van der Waals surface area contributed by atoms with E-state index >= 15 is 0 Å². The molecule has 0 saturated carbocycles. The lowest BCUT2D eigenvalue weighted by atomic mass is 10.2. The summed E-state index contributed by atoms with van der Waals surface area (Å²) in [5.74, 6) is 1.93. The van der Waals surface area contributed by atoms with Crippen LogP contribution in [0.4, 0.5) is 0 Å². The van der Waals surface area contributed by atoms with Gasteiger partial charge in [-0.3, -0.25) is 0 Å². The van der Waals surface area contributed by atoms with E-state index in [-0.39, 0.29) is 6.10 Å². The minimum Gasteiger partial charge on any atom is -0.493 e. The van der Waals surface area contributed by atoms with Crippen LogP contribution in [0, 0.1) is 0 Å². The number of hydrogen-bond acceptors (Lipinski definition) is 3. The molecule has 1 atom stereocenters. The van der Waals surface area contributed by atoms with E-state index in [1.807, 2.05) is 19.1 Å². The summed E-state index contributed by atoms with van der Waals surface area (Å²) in [5.41, 5.74) is 0.864. The number of benzene rings is 1. The molecule has 1 aromatic carbocycles. The lowest BCUT2D eigenvalue weighted by molar-refractivity contribution is 0.208. The van der Waals surface area contributed by atoms with Gasteiger partial charge in [0, 0.05) is 18.0 Å². The van der Waals surface area contributed by atoms with E-state index in [2.05, 4.69) is 16.9 Å². The van der Waals surface area contributed by atoms with Crippen LogP contribution in [-0.4, -0.2) is 23.2 Å². The molecule has 102 valence electrons. The van der Waals surface area contributed by atoms with E-state index in [1.54, 1.807) is 19.5 Å². The third-order valence-corrected chi connectivity index (χ3v) is 3.18. The number of aromatic nitrogens is 2. The van der Waals surface area contributed by atoms with Gasteiger partial charge in [0.25, 0.3) is 0 Å². The number of aromatic amines is 1. The molecule has 0 aliphatic rings. The highest BCUT2D eigenvalue weighted by Gasteiger charge is 2.15. The number of nitrogens with one attached hydrogen (secondary N) is 1. The zero-order valence-corrected chi connectivity index (χ0v) is 12.0. The molecule has 0 aliphatic carbocycles. The average molecular weight is 281 g/mol. The molecule has 0 fully saturated rings. The Morgan fingerprint density at radius 3 is 2.79 bits per heavy atom. The highest BCUT2D eigenvalue weighted by atomic mass is 35.5. The van der Waals surface area contributed by atoms with Gasteiger partial charge >= 0.3 is 0 Å². The number of imidazole rings is 1. The summed E-state index contributed by atoms with van der Waals surface area (Å²) in [6.45, 7) is 4.05. The Morgan fingerprint density at radius 2 is 2.21 bits per heavy atom. The number of methoxy groups -OCH3 is 1. The van der Waals surface area contributed by atoms with Crippen molar-refractivity contribution in [2.24, 2.45) is 0 Å². The second kappa shape index (κ2) is 5.97. The molecule has 19 heavy (non-hydrogen) atoms. The van der Waals surface area contributed by atoms with E-state index in [0.29, 0.717) is 16.5 Å². The third kappa shape index (κ3) is 3.01. The van der Waals surface area contributed by atoms with Crippen molar-refractivity contribution in [2.75, 3.05) is 7.11 Å². The van der Waals surface area contributed by atoms with Crippen LogP contribution in [-0.2, 0) is 0 Å². The van der Waals surface area contributed by atoms with Crippen molar-refractivity contribution in [1.29, 1.82) is 0 Å². The summed E-state index contributed by atoms with van der Waals surface area (Å²) in [6, 6.07) is 3.68. The maximum atomic E-state index is 6.28. The topological polar surface area (TPSA) is 47.1 Å². The van der Waals surface area contributed by atoms with Crippen molar-refractivity contribution in [3.05, 3.63) is 29.5 Å². The first kappa shape index (κ1) is 13.7. The fourth-order valence-electron chi connectivity index (χ4n) is 1.68. The Balaban J connectivity index is 2.41. The molecule has 1 heterocycles. The van der Waals surface area contributed by atoms with Crippen molar-refractivity contribution in [1.82, 2.24) is 9.97 Å². The Kier molecular flexibility index (Phi) is 4.32. The number of nitrogens with zero attached hydrogens (tertiary/aromatic N) is 1. The Morgan fingerprint density at radius 1 is 1.42 bits per heavy atom. The zero-order valence-electron chi connectivity index (χ0n) is 11.2. The fourth-order valence-corrected chi connectivity index (χ4v) is 1.93. The summed E-state index contributed by atoms with van der Waals surface area (Å²) in [4.78, 5) is 7.24. The van der Waals surface area contributed by atoms with Gasteiger partial charge in [-0.2, -0.15) is 0 Å². The molecule has 2 aromatic rings. The van der Waals surface area contributed by atoms with Crippen LogP contribution in [0.5, 0.6) is 11.5 Å². The quantitative estimate of drug-likeness (QED) is 0.903. The minimum atomic E-state index is 0.0841. The van der Waals surface area contributed by atoms with Crippen molar-refractivity contribution >= 4 is 11.6 Å². The number of halogens is 1. The van der Waals surface area contributed by atoms with Crippen molar-refractivity contribution in [3.63, 3.8) is 0 Å². The van der Waals surface area contributed by atoms with Crippen LogP contribution in [0.15, 0.2) is 24.5 Å². The lowest BCUT2D eigenvalue weighted by Crippen LogP contribution is -2.11. The Hall–Kier alpha value is -1.68. The number of H-pyrrole nitrogens is 1. The summed E-state index contributed by atoms with van der Waals surface area (Å²) >= 11 is 6.28. The van der Waals surface area contributed by atoms with E-state index in [4.69, 9.17) is 21.1 Å². The van der Waals surface area contributed by atoms with Crippen LogP contribution in [0.1, 0.15) is 20.3 Å². The fraction of sp³-hybridized carbons (Fsp3) is 0.357. The summed E-state index contributed by atoms with van der Waals surface area (Å²) in [6.07, 6.45) is 4.44. The monoisotopic (exact) mass is 280 g/mol. The normalized spacial score (nSPS) is 12.2. The molecule has 2 rings (SSSR count). The predicted molar refractivity (Wildman–Crippen MR) is 76.0 cm³/mol. The number of rotatable bonds is 5. The van der Waals surface area contributed by atoms with Gasteiger partial charge in [-0.15, -0.1) is 0 Å². The summed E-state index contributed by atoms with van der Waals surface area (Å²) in [7, 11) is 1.60. The Labute approximate surface area is 117 Å². The predicted octanol–water partition coefficient (Wildman–Crippen LogP) is 3.92. The summed E-state index contributed by atoms with van der Waals surface area (Å²) < 4.78 is 11.2. The van der Waals surface area contributed by atoms with Crippen LogP contribution in [0.3, 0.4) is 0 Å². The zero-order chi connectivity index (χ0) is 13.8. The molecule has 0 unspecified atom stereocenters. The van der Waals surface area contributed by atoms with Gasteiger partial charge in [0.15, 0.2) is 11.5 Å². The number of hydrogen-bond donors (Lipinski definition) is 1.